The Bertz CT molecular complexity index is 311. The zero-order valence-corrected chi connectivity index (χ0v) is 8.49. The predicted molar refractivity (Wildman–Crippen MR) is 56.4 cm³/mol. The molecule has 0 heterocycles. The average molecular weight is 210 g/mol. The van der Waals surface area contributed by atoms with E-state index >= 15 is 0 Å². The molecule has 1 rings (SSSR count). The van der Waals surface area contributed by atoms with E-state index in [9.17, 15) is 4.79 Å². The van der Waals surface area contributed by atoms with Gasteiger partial charge in [0.2, 0.25) is 5.91 Å². The second-order valence-corrected chi connectivity index (χ2v) is 3.05. The Morgan fingerprint density at radius 1 is 1.40 bits per heavy atom. The number of anilines is 1. The van der Waals surface area contributed by atoms with E-state index in [1.807, 2.05) is 0 Å². The minimum Gasteiger partial charge on any atom is -0.325 e. The summed E-state index contributed by atoms with van der Waals surface area (Å²) in [6.45, 7) is 0.423. The molecule has 0 bridgehead atoms. The summed E-state index contributed by atoms with van der Waals surface area (Å²) in [5.74, 6) is -0.0938. The van der Waals surface area contributed by atoms with Gasteiger partial charge in [-0.1, -0.05) is 12.1 Å². The smallest absolute Gasteiger partial charge is 0.238 e. The van der Waals surface area contributed by atoms with Gasteiger partial charge in [-0.05, 0) is 24.7 Å². The van der Waals surface area contributed by atoms with Crippen LogP contribution >= 0.6 is 0 Å². The topological polar surface area (TPSA) is 70.6 Å². The van der Waals surface area contributed by atoms with Crippen molar-refractivity contribution in [1.29, 1.82) is 0 Å². The van der Waals surface area contributed by atoms with Crippen LogP contribution in [-0.4, -0.2) is 24.8 Å². The number of hydrogen-bond donors (Lipinski definition) is 3. The van der Waals surface area contributed by atoms with Gasteiger partial charge in [-0.15, -0.1) is 0 Å². The first-order valence-electron chi connectivity index (χ1n) is 4.56. The van der Waals surface area contributed by atoms with E-state index in [4.69, 9.17) is 5.26 Å². The van der Waals surface area contributed by atoms with E-state index in [0.717, 1.165) is 11.3 Å². The standard InChI is InChI=1S/C10H14N2O3/c1-11-6-10(13)12-9-4-2-8(3-5-9)7-15-14/h2-5,11,14H,6-7H2,1H3,(H,12,13). The molecule has 0 spiro atoms. The molecule has 0 saturated carbocycles. The largest absolute Gasteiger partial charge is 0.325 e. The second-order valence-electron chi connectivity index (χ2n) is 3.05. The van der Waals surface area contributed by atoms with Crippen LogP contribution in [0.4, 0.5) is 5.69 Å². The van der Waals surface area contributed by atoms with Crippen molar-refractivity contribution >= 4 is 11.6 Å². The summed E-state index contributed by atoms with van der Waals surface area (Å²) in [7, 11) is 1.71. The van der Waals surface area contributed by atoms with Crippen molar-refractivity contribution in [2.24, 2.45) is 0 Å². The summed E-state index contributed by atoms with van der Waals surface area (Å²) >= 11 is 0. The summed E-state index contributed by atoms with van der Waals surface area (Å²) in [4.78, 5) is 15.2. The third-order valence-corrected chi connectivity index (χ3v) is 1.81. The van der Waals surface area contributed by atoms with E-state index in [2.05, 4.69) is 15.5 Å². The zero-order valence-electron chi connectivity index (χ0n) is 8.49. The fraction of sp³-hybridized carbons (Fsp3) is 0.300. The second kappa shape index (κ2) is 6.13. The predicted octanol–water partition coefficient (Wildman–Crippen LogP) is 0.834. The molecule has 0 aromatic heterocycles. The lowest BCUT2D eigenvalue weighted by Gasteiger charge is -2.05. The first-order valence-corrected chi connectivity index (χ1v) is 4.56. The van der Waals surface area contributed by atoms with Crippen LogP contribution < -0.4 is 10.6 Å². The molecule has 0 atom stereocenters. The van der Waals surface area contributed by atoms with Gasteiger partial charge < -0.3 is 10.6 Å². The third-order valence-electron chi connectivity index (χ3n) is 1.81. The highest BCUT2D eigenvalue weighted by molar-refractivity contribution is 5.92. The van der Waals surface area contributed by atoms with Gasteiger partial charge in [0.15, 0.2) is 0 Å². The fourth-order valence-electron chi connectivity index (χ4n) is 1.12. The number of hydrogen-bond acceptors (Lipinski definition) is 4. The highest BCUT2D eigenvalue weighted by atomic mass is 17.1. The zero-order chi connectivity index (χ0) is 11.1. The van der Waals surface area contributed by atoms with Gasteiger partial charge in [0.1, 0.15) is 6.61 Å². The van der Waals surface area contributed by atoms with Crippen LogP contribution in [0.25, 0.3) is 0 Å². The molecular weight excluding hydrogens is 196 g/mol. The number of carbonyl (C=O) groups excluding carboxylic acids is 1. The van der Waals surface area contributed by atoms with Crippen LogP contribution in [0.5, 0.6) is 0 Å². The van der Waals surface area contributed by atoms with Gasteiger partial charge in [-0.25, -0.2) is 4.89 Å². The molecule has 0 aliphatic carbocycles. The number of nitrogens with one attached hydrogen (secondary N) is 2. The number of rotatable bonds is 5. The Morgan fingerprint density at radius 2 is 2.07 bits per heavy atom. The number of carbonyl (C=O) groups is 1. The molecule has 0 unspecified atom stereocenters. The van der Waals surface area contributed by atoms with Crippen molar-refractivity contribution in [1.82, 2.24) is 5.32 Å². The first kappa shape index (κ1) is 11.6. The van der Waals surface area contributed by atoms with Crippen LogP contribution in [0.15, 0.2) is 24.3 Å². The van der Waals surface area contributed by atoms with E-state index < -0.39 is 0 Å². The maximum atomic E-state index is 11.2. The van der Waals surface area contributed by atoms with E-state index in [1.165, 1.54) is 0 Å². The van der Waals surface area contributed by atoms with E-state index in [-0.39, 0.29) is 19.1 Å². The SMILES string of the molecule is CNCC(=O)Nc1ccc(COO)cc1. The van der Waals surface area contributed by atoms with Gasteiger partial charge >= 0.3 is 0 Å². The maximum Gasteiger partial charge on any atom is 0.238 e. The van der Waals surface area contributed by atoms with Crippen molar-refractivity contribution in [3.63, 3.8) is 0 Å². The van der Waals surface area contributed by atoms with Crippen molar-refractivity contribution in [3.05, 3.63) is 29.8 Å². The van der Waals surface area contributed by atoms with Gasteiger partial charge in [-0.3, -0.25) is 10.1 Å². The summed E-state index contributed by atoms with van der Waals surface area (Å²) in [6.07, 6.45) is 0. The molecule has 0 fully saturated rings. The van der Waals surface area contributed by atoms with Crippen molar-refractivity contribution in [3.8, 4) is 0 Å². The van der Waals surface area contributed by atoms with Gasteiger partial charge in [-0.2, -0.15) is 0 Å². The molecule has 15 heavy (non-hydrogen) atoms. The molecule has 3 N–H and O–H groups in total. The Morgan fingerprint density at radius 3 is 2.60 bits per heavy atom. The number of amides is 1. The van der Waals surface area contributed by atoms with E-state index in [0.29, 0.717) is 0 Å². The average Bonchev–Trinajstić information content (AvgIpc) is 2.22. The lowest BCUT2D eigenvalue weighted by molar-refractivity contribution is -0.253. The normalized spacial score (nSPS) is 10.0. The highest BCUT2D eigenvalue weighted by Gasteiger charge is 2.00. The lowest BCUT2D eigenvalue weighted by Crippen LogP contribution is -2.24. The Labute approximate surface area is 88.0 Å². The molecule has 5 nitrogen and oxygen atoms in total. The minimum absolute atomic E-state index is 0.0938. The molecule has 0 saturated heterocycles. The summed E-state index contributed by atoms with van der Waals surface area (Å²) < 4.78 is 0. The third kappa shape index (κ3) is 4.07. The van der Waals surface area contributed by atoms with Gasteiger partial charge in [0, 0.05) is 5.69 Å². The quantitative estimate of drug-likeness (QED) is 0.497. The molecule has 1 amide bonds. The molecule has 1 aromatic rings. The molecule has 5 heteroatoms. The molecule has 0 radical (unpaired) electrons. The van der Waals surface area contributed by atoms with Crippen LogP contribution in [0.3, 0.4) is 0 Å². The first-order chi connectivity index (χ1) is 7.26. The Kier molecular flexibility index (Phi) is 4.76. The fourth-order valence-corrected chi connectivity index (χ4v) is 1.12. The van der Waals surface area contributed by atoms with Crippen molar-refractivity contribution in [2.45, 2.75) is 6.61 Å². The van der Waals surface area contributed by atoms with Crippen LogP contribution in [0.1, 0.15) is 5.56 Å². The van der Waals surface area contributed by atoms with E-state index in [1.54, 1.807) is 31.3 Å². The molecular formula is C10H14N2O3. The Balaban J connectivity index is 2.52. The number of benzene rings is 1. The molecule has 0 aliphatic rings. The monoisotopic (exact) mass is 210 g/mol. The van der Waals surface area contributed by atoms with Crippen LogP contribution in [0, 0.1) is 0 Å². The summed E-state index contributed by atoms with van der Waals surface area (Å²) in [5.41, 5.74) is 1.56. The molecule has 1 aromatic carbocycles. The van der Waals surface area contributed by atoms with Crippen LogP contribution in [0.2, 0.25) is 0 Å². The Hall–Kier alpha value is -1.43. The minimum atomic E-state index is -0.0938. The van der Waals surface area contributed by atoms with Crippen LogP contribution in [-0.2, 0) is 16.3 Å². The summed E-state index contributed by atoms with van der Waals surface area (Å²) in [5, 5.41) is 13.7. The summed E-state index contributed by atoms with van der Waals surface area (Å²) in [6, 6.07) is 7.04. The van der Waals surface area contributed by atoms with Gasteiger partial charge in [0.25, 0.3) is 0 Å². The van der Waals surface area contributed by atoms with Crippen molar-refractivity contribution < 1.29 is 14.9 Å². The van der Waals surface area contributed by atoms with Crippen molar-refractivity contribution in [2.75, 3.05) is 18.9 Å². The lowest BCUT2D eigenvalue weighted by atomic mass is 10.2. The maximum absolute atomic E-state index is 11.2. The molecule has 0 aliphatic heterocycles. The number of likely N-dealkylation sites (N-methyl/N-ethyl adjacent to an activating group) is 1. The highest BCUT2D eigenvalue weighted by Crippen LogP contribution is 2.09. The van der Waals surface area contributed by atoms with Gasteiger partial charge in [0.05, 0.1) is 6.54 Å². The molecule has 82 valence electrons.